The van der Waals surface area contributed by atoms with Crippen molar-refractivity contribution in [2.75, 3.05) is 5.43 Å². The van der Waals surface area contributed by atoms with Crippen molar-refractivity contribution in [2.24, 2.45) is 5.10 Å². The van der Waals surface area contributed by atoms with Crippen molar-refractivity contribution in [3.05, 3.63) is 29.6 Å². The molecule has 1 aromatic rings. The average molecular weight is 245 g/mol. The zero-order valence-corrected chi connectivity index (χ0v) is 8.64. The van der Waals surface area contributed by atoms with Gasteiger partial charge in [-0.15, -0.1) is 0 Å². The Morgan fingerprint density at radius 2 is 2.06 bits per heavy atom. The smallest absolute Gasteiger partial charge is 0.278 e. The number of hydrogen-bond acceptors (Lipinski definition) is 3. The van der Waals surface area contributed by atoms with Crippen LogP contribution in [0.3, 0.4) is 0 Å². The molecule has 0 spiro atoms. The molecule has 3 nitrogen and oxygen atoms in total. The van der Waals surface area contributed by atoms with Gasteiger partial charge >= 0.3 is 6.18 Å². The van der Waals surface area contributed by atoms with Crippen LogP contribution in [0, 0.1) is 17.1 Å². The Kier molecular flexibility index (Phi) is 3.68. The number of anilines is 1. The summed E-state index contributed by atoms with van der Waals surface area (Å²) in [5, 5.41) is 11.6. The zero-order valence-electron chi connectivity index (χ0n) is 8.64. The molecule has 0 aliphatic heterocycles. The van der Waals surface area contributed by atoms with Gasteiger partial charge in [-0.1, -0.05) is 0 Å². The lowest BCUT2D eigenvalue weighted by Gasteiger charge is -2.06. The van der Waals surface area contributed by atoms with Crippen LogP contribution in [0.25, 0.3) is 0 Å². The molecule has 0 unspecified atom stereocenters. The number of hydrazone groups is 1. The predicted octanol–water partition coefficient (Wildman–Crippen LogP) is 3.05. The maximum atomic E-state index is 12.9. The maximum Gasteiger partial charge on any atom is 0.430 e. The van der Waals surface area contributed by atoms with Gasteiger partial charge in [0.25, 0.3) is 0 Å². The van der Waals surface area contributed by atoms with E-state index in [1.165, 1.54) is 6.07 Å². The van der Waals surface area contributed by atoms with E-state index in [9.17, 15) is 17.6 Å². The van der Waals surface area contributed by atoms with Gasteiger partial charge in [-0.05, 0) is 25.1 Å². The average Bonchev–Trinajstić information content (AvgIpc) is 2.26. The molecular formula is C10H7F4N3. The molecule has 1 aromatic carbocycles. The highest BCUT2D eigenvalue weighted by Gasteiger charge is 2.32. The molecule has 0 aromatic heterocycles. The van der Waals surface area contributed by atoms with Crippen LogP contribution in [0.2, 0.25) is 0 Å². The largest absolute Gasteiger partial charge is 0.430 e. The Balaban J connectivity index is 2.88. The Morgan fingerprint density at radius 1 is 1.41 bits per heavy atom. The van der Waals surface area contributed by atoms with Gasteiger partial charge in [0.2, 0.25) is 0 Å². The van der Waals surface area contributed by atoms with Crippen LogP contribution in [-0.4, -0.2) is 11.9 Å². The molecule has 0 amide bonds. The number of benzene rings is 1. The van der Waals surface area contributed by atoms with Crippen molar-refractivity contribution in [1.29, 1.82) is 5.26 Å². The Bertz CT molecular complexity index is 485. The molecule has 7 heteroatoms. The summed E-state index contributed by atoms with van der Waals surface area (Å²) >= 11 is 0. The molecule has 0 saturated heterocycles. The number of hydrogen-bond donors (Lipinski definition) is 1. The summed E-state index contributed by atoms with van der Waals surface area (Å²) < 4.78 is 49.1. The number of alkyl halides is 3. The highest BCUT2D eigenvalue weighted by Crippen LogP contribution is 2.18. The van der Waals surface area contributed by atoms with Gasteiger partial charge in [-0.25, -0.2) is 4.39 Å². The molecule has 0 atom stereocenters. The second-order valence-electron chi connectivity index (χ2n) is 3.11. The number of halogens is 4. The third-order valence-corrected chi connectivity index (χ3v) is 1.85. The number of rotatable bonds is 2. The summed E-state index contributed by atoms with van der Waals surface area (Å²) in [5.41, 5.74) is 0.869. The topological polar surface area (TPSA) is 48.2 Å². The van der Waals surface area contributed by atoms with Crippen LogP contribution < -0.4 is 5.43 Å². The lowest BCUT2D eigenvalue weighted by atomic mass is 10.2. The molecule has 1 rings (SSSR count). The molecule has 0 heterocycles. The molecule has 0 aliphatic rings. The van der Waals surface area contributed by atoms with Crippen molar-refractivity contribution in [1.82, 2.24) is 0 Å². The molecule has 0 radical (unpaired) electrons. The highest BCUT2D eigenvalue weighted by molar-refractivity contribution is 5.87. The first-order valence-electron chi connectivity index (χ1n) is 4.41. The molecule has 90 valence electrons. The van der Waals surface area contributed by atoms with Crippen LogP contribution >= 0.6 is 0 Å². The number of nitrogens with one attached hydrogen (secondary N) is 1. The van der Waals surface area contributed by atoms with Crippen molar-refractivity contribution in [3.63, 3.8) is 0 Å². The fourth-order valence-corrected chi connectivity index (χ4v) is 0.892. The fraction of sp³-hybridized carbons (Fsp3) is 0.200. The van der Waals surface area contributed by atoms with E-state index in [2.05, 4.69) is 10.5 Å². The van der Waals surface area contributed by atoms with Gasteiger partial charge in [0.05, 0.1) is 11.3 Å². The van der Waals surface area contributed by atoms with Crippen molar-refractivity contribution in [3.8, 4) is 6.07 Å². The summed E-state index contributed by atoms with van der Waals surface area (Å²) in [6, 6.07) is 4.80. The Morgan fingerprint density at radius 3 is 2.59 bits per heavy atom. The van der Waals surface area contributed by atoms with E-state index in [1.54, 1.807) is 6.07 Å². The van der Waals surface area contributed by atoms with E-state index in [-0.39, 0.29) is 11.3 Å². The highest BCUT2D eigenvalue weighted by atomic mass is 19.4. The SMILES string of the molecule is C/C(=N/Nc1ccc(F)c(C#N)c1)C(F)(F)F. The maximum absolute atomic E-state index is 12.9. The fourth-order valence-electron chi connectivity index (χ4n) is 0.892. The summed E-state index contributed by atoms with van der Waals surface area (Å²) in [6.07, 6.45) is -4.52. The van der Waals surface area contributed by atoms with E-state index in [1.807, 2.05) is 0 Å². The Hall–Kier alpha value is -2.10. The standard InChI is InChI=1S/C10H7F4N3/c1-6(10(12,13)14)16-17-8-2-3-9(11)7(4-8)5-15/h2-4,17H,1H3/b16-6-. The molecule has 0 fully saturated rings. The summed E-state index contributed by atoms with van der Waals surface area (Å²) in [7, 11) is 0. The monoisotopic (exact) mass is 245 g/mol. The summed E-state index contributed by atoms with van der Waals surface area (Å²) in [5.74, 6) is -0.741. The van der Waals surface area contributed by atoms with Gasteiger partial charge in [0, 0.05) is 0 Å². The predicted molar refractivity (Wildman–Crippen MR) is 53.9 cm³/mol. The molecule has 1 N–H and O–H groups in total. The molecule has 0 bridgehead atoms. The second-order valence-corrected chi connectivity index (χ2v) is 3.11. The number of nitriles is 1. The van der Waals surface area contributed by atoms with Crippen LogP contribution in [0.1, 0.15) is 12.5 Å². The lowest BCUT2D eigenvalue weighted by Crippen LogP contribution is -2.20. The molecule has 0 saturated carbocycles. The van der Waals surface area contributed by atoms with E-state index >= 15 is 0 Å². The van der Waals surface area contributed by atoms with Crippen LogP contribution in [0.15, 0.2) is 23.3 Å². The third-order valence-electron chi connectivity index (χ3n) is 1.85. The summed E-state index contributed by atoms with van der Waals surface area (Å²) in [4.78, 5) is 0. The normalized spacial score (nSPS) is 12.1. The van der Waals surface area contributed by atoms with Crippen molar-refractivity contribution < 1.29 is 17.6 Å². The van der Waals surface area contributed by atoms with Gasteiger partial charge < -0.3 is 0 Å². The van der Waals surface area contributed by atoms with Crippen LogP contribution in [0.5, 0.6) is 0 Å². The number of nitrogens with zero attached hydrogens (tertiary/aromatic N) is 2. The third kappa shape index (κ3) is 3.45. The second kappa shape index (κ2) is 4.82. The van der Waals surface area contributed by atoms with Gasteiger partial charge in [-0.3, -0.25) is 5.43 Å². The molecule has 17 heavy (non-hydrogen) atoms. The minimum Gasteiger partial charge on any atom is -0.278 e. The minimum atomic E-state index is -4.52. The first-order chi connectivity index (χ1) is 7.84. The van der Waals surface area contributed by atoms with Crippen molar-refractivity contribution >= 4 is 11.4 Å². The molecular weight excluding hydrogens is 238 g/mol. The minimum absolute atomic E-state index is 0.103. The van der Waals surface area contributed by atoms with Crippen LogP contribution in [0.4, 0.5) is 23.2 Å². The van der Waals surface area contributed by atoms with Gasteiger partial charge in [0.1, 0.15) is 17.6 Å². The lowest BCUT2D eigenvalue weighted by molar-refractivity contribution is -0.0592. The zero-order chi connectivity index (χ0) is 13.1. The van der Waals surface area contributed by atoms with Gasteiger partial charge in [-0.2, -0.15) is 23.5 Å². The van der Waals surface area contributed by atoms with E-state index in [0.717, 1.165) is 19.1 Å². The molecule has 0 aliphatic carbocycles. The van der Waals surface area contributed by atoms with E-state index < -0.39 is 17.7 Å². The summed E-state index contributed by atoms with van der Waals surface area (Å²) in [6.45, 7) is 0.793. The van der Waals surface area contributed by atoms with E-state index in [4.69, 9.17) is 5.26 Å². The van der Waals surface area contributed by atoms with Crippen molar-refractivity contribution in [2.45, 2.75) is 13.1 Å². The van der Waals surface area contributed by atoms with Crippen LogP contribution in [-0.2, 0) is 0 Å². The quantitative estimate of drug-likeness (QED) is 0.494. The first kappa shape index (κ1) is 13.0. The Labute approximate surface area is 94.4 Å². The van der Waals surface area contributed by atoms with E-state index in [0.29, 0.717) is 0 Å². The first-order valence-corrected chi connectivity index (χ1v) is 4.41. The van der Waals surface area contributed by atoms with Gasteiger partial charge in [0.15, 0.2) is 0 Å².